The Bertz CT molecular complexity index is 657. The molecule has 2 aromatic rings. The highest BCUT2D eigenvalue weighted by Gasteiger charge is 2.12. The molecule has 0 amide bonds. The van der Waals surface area contributed by atoms with E-state index in [1.807, 2.05) is 31.2 Å². The van der Waals surface area contributed by atoms with Crippen LogP contribution in [0.2, 0.25) is 0 Å². The first-order valence-electron chi connectivity index (χ1n) is 6.45. The predicted octanol–water partition coefficient (Wildman–Crippen LogP) is 3.42. The zero-order valence-corrected chi connectivity index (χ0v) is 11.5. The number of nitrogens with zero attached hydrogens (tertiary/aromatic N) is 2. The SMILES string of the molecule is Cc1ccc(C[C@@H](C#N)Oc2ccc([N+](=O)[O-])cc2)cc1. The average molecular weight is 282 g/mol. The molecule has 0 bridgehead atoms. The van der Waals surface area contributed by atoms with E-state index in [-0.39, 0.29) is 5.69 Å². The highest BCUT2D eigenvalue weighted by Crippen LogP contribution is 2.19. The van der Waals surface area contributed by atoms with Gasteiger partial charge in [0, 0.05) is 18.6 Å². The average Bonchev–Trinajstić information content (AvgIpc) is 2.49. The number of hydrogen-bond donors (Lipinski definition) is 0. The lowest BCUT2D eigenvalue weighted by Crippen LogP contribution is -2.17. The number of nitro groups is 1. The van der Waals surface area contributed by atoms with Crippen molar-refractivity contribution in [1.82, 2.24) is 0 Å². The van der Waals surface area contributed by atoms with Crippen molar-refractivity contribution in [3.63, 3.8) is 0 Å². The van der Waals surface area contributed by atoms with Gasteiger partial charge in [0.1, 0.15) is 11.8 Å². The molecule has 0 N–H and O–H groups in total. The van der Waals surface area contributed by atoms with Crippen molar-refractivity contribution >= 4 is 5.69 Å². The molecule has 0 aliphatic heterocycles. The van der Waals surface area contributed by atoms with Crippen molar-refractivity contribution in [3.05, 3.63) is 69.8 Å². The van der Waals surface area contributed by atoms with E-state index in [1.165, 1.54) is 24.3 Å². The topological polar surface area (TPSA) is 76.2 Å². The summed E-state index contributed by atoms with van der Waals surface area (Å²) in [7, 11) is 0. The van der Waals surface area contributed by atoms with Gasteiger partial charge < -0.3 is 4.74 Å². The molecule has 2 rings (SSSR count). The Kier molecular flexibility index (Phi) is 4.52. The number of rotatable bonds is 5. The Hall–Kier alpha value is -2.87. The molecule has 5 nitrogen and oxygen atoms in total. The van der Waals surface area contributed by atoms with Crippen LogP contribution < -0.4 is 4.74 Å². The lowest BCUT2D eigenvalue weighted by atomic mass is 10.1. The van der Waals surface area contributed by atoms with Crippen LogP contribution in [0.1, 0.15) is 11.1 Å². The van der Waals surface area contributed by atoms with Crippen molar-refractivity contribution in [2.45, 2.75) is 19.4 Å². The number of nitriles is 1. The van der Waals surface area contributed by atoms with Crippen molar-refractivity contribution in [2.75, 3.05) is 0 Å². The number of aryl methyl sites for hydroxylation is 1. The Morgan fingerprint density at radius 2 is 1.81 bits per heavy atom. The van der Waals surface area contributed by atoms with Crippen molar-refractivity contribution in [1.29, 1.82) is 5.26 Å². The van der Waals surface area contributed by atoms with Crippen LogP contribution in [0.3, 0.4) is 0 Å². The number of non-ortho nitro benzene ring substituents is 1. The van der Waals surface area contributed by atoms with Crippen LogP contribution in [-0.4, -0.2) is 11.0 Å². The van der Waals surface area contributed by atoms with Gasteiger partial charge in [-0.15, -0.1) is 0 Å². The minimum Gasteiger partial charge on any atom is -0.475 e. The smallest absolute Gasteiger partial charge is 0.269 e. The van der Waals surface area contributed by atoms with Gasteiger partial charge in [-0.3, -0.25) is 10.1 Å². The number of benzene rings is 2. The maximum atomic E-state index is 10.6. The maximum absolute atomic E-state index is 10.6. The van der Waals surface area contributed by atoms with Gasteiger partial charge in [-0.1, -0.05) is 29.8 Å². The van der Waals surface area contributed by atoms with E-state index in [9.17, 15) is 10.1 Å². The van der Waals surface area contributed by atoms with Crippen LogP contribution >= 0.6 is 0 Å². The van der Waals surface area contributed by atoms with Gasteiger partial charge in [0.25, 0.3) is 5.69 Å². The van der Waals surface area contributed by atoms with Gasteiger partial charge in [-0.05, 0) is 24.6 Å². The van der Waals surface area contributed by atoms with Gasteiger partial charge in [0.05, 0.1) is 4.92 Å². The monoisotopic (exact) mass is 282 g/mol. The van der Waals surface area contributed by atoms with E-state index in [4.69, 9.17) is 10.00 Å². The molecular weight excluding hydrogens is 268 g/mol. The molecule has 1 atom stereocenters. The molecule has 5 heteroatoms. The van der Waals surface area contributed by atoms with Crippen LogP contribution in [0.15, 0.2) is 48.5 Å². The fourth-order valence-corrected chi connectivity index (χ4v) is 1.86. The minimum absolute atomic E-state index is 0.00519. The van der Waals surface area contributed by atoms with Crippen LogP contribution in [0.25, 0.3) is 0 Å². The summed E-state index contributed by atoms with van der Waals surface area (Å²) < 4.78 is 5.55. The molecule has 0 spiro atoms. The van der Waals surface area contributed by atoms with Gasteiger partial charge in [-0.2, -0.15) is 5.26 Å². The van der Waals surface area contributed by atoms with E-state index in [0.717, 1.165) is 11.1 Å². The number of ether oxygens (including phenoxy) is 1. The summed E-state index contributed by atoms with van der Waals surface area (Å²) in [5, 5.41) is 19.7. The summed E-state index contributed by atoms with van der Waals surface area (Å²) in [6, 6.07) is 15.7. The highest BCUT2D eigenvalue weighted by molar-refractivity contribution is 5.36. The van der Waals surface area contributed by atoms with Crippen molar-refractivity contribution in [3.8, 4) is 11.8 Å². The predicted molar refractivity (Wildman–Crippen MR) is 78.0 cm³/mol. The molecule has 0 saturated carbocycles. The molecule has 0 heterocycles. The van der Waals surface area contributed by atoms with Crippen molar-refractivity contribution < 1.29 is 9.66 Å². The molecule has 0 aliphatic carbocycles. The van der Waals surface area contributed by atoms with Gasteiger partial charge >= 0.3 is 0 Å². The third kappa shape index (κ3) is 4.05. The zero-order chi connectivity index (χ0) is 15.2. The summed E-state index contributed by atoms with van der Waals surface area (Å²) in [5.74, 6) is 0.444. The Balaban J connectivity index is 2.03. The van der Waals surface area contributed by atoms with E-state index >= 15 is 0 Å². The molecule has 21 heavy (non-hydrogen) atoms. The Morgan fingerprint density at radius 1 is 1.19 bits per heavy atom. The molecule has 0 aliphatic rings. The molecular formula is C16H14N2O3. The standard InChI is InChI=1S/C16H14N2O3/c1-12-2-4-13(5-3-12)10-16(11-17)21-15-8-6-14(7-9-15)18(19)20/h2-9,16H,10H2,1H3/t16-/m0/s1. The summed E-state index contributed by atoms with van der Waals surface area (Å²) in [6.07, 6.45) is -0.164. The number of hydrogen-bond acceptors (Lipinski definition) is 4. The Labute approximate surface area is 122 Å². The molecule has 0 aromatic heterocycles. The zero-order valence-electron chi connectivity index (χ0n) is 11.5. The van der Waals surface area contributed by atoms with E-state index in [1.54, 1.807) is 0 Å². The largest absolute Gasteiger partial charge is 0.475 e. The first-order chi connectivity index (χ1) is 10.1. The van der Waals surface area contributed by atoms with Gasteiger partial charge in [0.15, 0.2) is 6.10 Å². The van der Waals surface area contributed by atoms with Crippen LogP contribution in [0.5, 0.6) is 5.75 Å². The fourth-order valence-electron chi connectivity index (χ4n) is 1.86. The van der Waals surface area contributed by atoms with Crippen molar-refractivity contribution in [2.24, 2.45) is 0 Å². The fraction of sp³-hybridized carbons (Fsp3) is 0.188. The molecule has 0 saturated heterocycles. The van der Waals surface area contributed by atoms with Crippen LogP contribution in [-0.2, 0) is 6.42 Å². The highest BCUT2D eigenvalue weighted by atomic mass is 16.6. The second kappa shape index (κ2) is 6.53. The second-order valence-corrected chi connectivity index (χ2v) is 4.68. The number of nitro benzene ring substituents is 1. The van der Waals surface area contributed by atoms with Gasteiger partial charge in [-0.25, -0.2) is 0 Å². The summed E-state index contributed by atoms with van der Waals surface area (Å²) in [6.45, 7) is 2.00. The lowest BCUT2D eigenvalue weighted by molar-refractivity contribution is -0.384. The second-order valence-electron chi connectivity index (χ2n) is 4.68. The quantitative estimate of drug-likeness (QED) is 0.622. The summed E-state index contributed by atoms with van der Waals surface area (Å²) in [5.41, 5.74) is 2.16. The third-order valence-corrected chi connectivity index (χ3v) is 3.01. The normalized spacial score (nSPS) is 11.4. The lowest BCUT2D eigenvalue weighted by Gasteiger charge is -2.12. The van der Waals surface area contributed by atoms with Crippen LogP contribution in [0.4, 0.5) is 5.69 Å². The molecule has 0 unspecified atom stereocenters. The molecule has 0 radical (unpaired) electrons. The molecule has 106 valence electrons. The summed E-state index contributed by atoms with van der Waals surface area (Å²) in [4.78, 5) is 10.1. The molecule has 0 fully saturated rings. The first kappa shape index (κ1) is 14.5. The third-order valence-electron chi connectivity index (χ3n) is 3.01. The summed E-state index contributed by atoms with van der Waals surface area (Å²) >= 11 is 0. The van der Waals surface area contributed by atoms with Crippen LogP contribution in [0, 0.1) is 28.4 Å². The minimum atomic E-state index is -0.630. The Morgan fingerprint density at radius 3 is 2.33 bits per heavy atom. The maximum Gasteiger partial charge on any atom is 0.269 e. The van der Waals surface area contributed by atoms with E-state index in [2.05, 4.69) is 6.07 Å². The molecule has 2 aromatic carbocycles. The van der Waals surface area contributed by atoms with E-state index < -0.39 is 11.0 Å². The van der Waals surface area contributed by atoms with Gasteiger partial charge in [0.2, 0.25) is 0 Å². The first-order valence-corrected chi connectivity index (χ1v) is 6.45. The van der Waals surface area contributed by atoms with E-state index in [0.29, 0.717) is 12.2 Å².